The first-order chi connectivity index (χ1) is 13.2. The highest BCUT2D eigenvalue weighted by Crippen LogP contribution is 2.38. The first kappa shape index (κ1) is 16.1. The second-order valence-electron chi connectivity index (χ2n) is 7.33. The number of likely N-dealkylation sites (N-methyl/N-ethyl adjacent to an activating group) is 1. The van der Waals surface area contributed by atoms with Gasteiger partial charge >= 0.3 is 0 Å². The first-order valence-electron chi connectivity index (χ1n) is 9.25. The first-order valence-corrected chi connectivity index (χ1v) is 9.25. The van der Waals surface area contributed by atoms with Gasteiger partial charge in [-0.1, -0.05) is 0 Å². The van der Waals surface area contributed by atoms with Crippen LogP contribution in [0, 0.1) is 0 Å². The Balaban J connectivity index is 1.24. The molecule has 0 N–H and O–H groups in total. The molecule has 3 heterocycles. The summed E-state index contributed by atoms with van der Waals surface area (Å²) in [6, 6.07) is 9.75. The molecule has 27 heavy (non-hydrogen) atoms. The Kier molecular flexibility index (Phi) is 3.74. The molecule has 0 unspecified atom stereocenters. The van der Waals surface area contributed by atoms with E-state index in [0.717, 1.165) is 35.6 Å². The van der Waals surface area contributed by atoms with Gasteiger partial charge in [-0.3, -0.25) is 14.8 Å². The third-order valence-corrected chi connectivity index (χ3v) is 5.44. The standard InChI is InChI=1S/C20H20N6O/c1-25(20(27)14-4-5-17-18(10-14)22-9-8-21-17)15-11-26(12-15)19-7-6-16(23-24-19)13-2-3-13/h4-10,13,15H,2-3,11-12H2,1H3. The molecule has 0 radical (unpaired) electrons. The summed E-state index contributed by atoms with van der Waals surface area (Å²) in [7, 11) is 1.85. The fourth-order valence-corrected chi connectivity index (χ4v) is 3.45. The molecule has 136 valence electrons. The van der Waals surface area contributed by atoms with Crippen molar-refractivity contribution in [2.24, 2.45) is 0 Å². The molecular formula is C20H20N6O. The molecule has 3 aromatic rings. The topological polar surface area (TPSA) is 75.1 Å². The van der Waals surface area contributed by atoms with Crippen molar-refractivity contribution in [2.45, 2.75) is 24.8 Å². The Labute approximate surface area is 157 Å². The quantitative estimate of drug-likeness (QED) is 0.710. The summed E-state index contributed by atoms with van der Waals surface area (Å²) < 4.78 is 0. The SMILES string of the molecule is CN(C(=O)c1ccc2nccnc2c1)C1CN(c2ccc(C3CC3)nn2)C1. The molecule has 7 nitrogen and oxygen atoms in total. The van der Waals surface area contributed by atoms with Gasteiger partial charge in [0.15, 0.2) is 5.82 Å². The van der Waals surface area contributed by atoms with Crippen LogP contribution >= 0.6 is 0 Å². The Hall–Kier alpha value is -3.09. The monoisotopic (exact) mass is 360 g/mol. The molecule has 7 heteroatoms. The van der Waals surface area contributed by atoms with Crippen LogP contribution in [0.4, 0.5) is 5.82 Å². The number of carbonyl (C=O) groups is 1. The average Bonchev–Trinajstić information content (AvgIpc) is 3.51. The third kappa shape index (κ3) is 2.99. The Bertz CT molecular complexity index is 995. The number of aromatic nitrogens is 4. The molecule has 1 aliphatic heterocycles. The van der Waals surface area contributed by atoms with Gasteiger partial charge < -0.3 is 9.80 Å². The second kappa shape index (κ2) is 6.26. The third-order valence-electron chi connectivity index (χ3n) is 5.44. The van der Waals surface area contributed by atoms with Crippen LogP contribution < -0.4 is 4.90 Å². The van der Waals surface area contributed by atoms with Crippen LogP contribution in [-0.4, -0.2) is 57.2 Å². The van der Waals surface area contributed by atoms with Gasteiger partial charge in [0.25, 0.3) is 5.91 Å². The lowest BCUT2D eigenvalue weighted by Crippen LogP contribution is -2.60. The molecule has 0 bridgehead atoms. The predicted molar refractivity (Wildman–Crippen MR) is 102 cm³/mol. The van der Waals surface area contributed by atoms with Gasteiger partial charge in [-0.25, -0.2) is 0 Å². The molecule has 2 fully saturated rings. The molecule has 5 rings (SSSR count). The Morgan fingerprint density at radius 2 is 1.81 bits per heavy atom. The largest absolute Gasteiger partial charge is 0.351 e. The van der Waals surface area contributed by atoms with E-state index in [1.54, 1.807) is 23.4 Å². The van der Waals surface area contributed by atoms with E-state index in [2.05, 4.69) is 31.1 Å². The van der Waals surface area contributed by atoms with E-state index in [-0.39, 0.29) is 11.9 Å². The molecule has 1 saturated heterocycles. The number of fused-ring (bicyclic) bond motifs is 1. The van der Waals surface area contributed by atoms with Crippen LogP contribution in [0.25, 0.3) is 11.0 Å². The van der Waals surface area contributed by atoms with Crippen LogP contribution in [0.1, 0.15) is 34.8 Å². The van der Waals surface area contributed by atoms with Crippen molar-refractivity contribution in [3.8, 4) is 0 Å². The maximum absolute atomic E-state index is 12.8. The number of anilines is 1. The number of amides is 1. The van der Waals surface area contributed by atoms with Crippen molar-refractivity contribution >= 4 is 22.8 Å². The number of benzene rings is 1. The number of rotatable bonds is 4. The Morgan fingerprint density at radius 1 is 1.04 bits per heavy atom. The van der Waals surface area contributed by atoms with Crippen LogP contribution in [0.2, 0.25) is 0 Å². The van der Waals surface area contributed by atoms with Crippen LogP contribution in [-0.2, 0) is 0 Å². The minimum Gasteiger partial charge on any atom is -0.351 e. The maximum atomic E-state index is 12.8. The van der Waals surface area contributed by atoms with E-state index in [9.17, 15) is 4.79 Å². The molecule has 0 spiro atoms. The zero-order valence-electron chi connectivity index (χ0n) is 15.1. The minimum atomic E-state index is 0.00219. The highest BCUT2D eigenvalue weighted by Gasteiger charge is 2.34. The van der Waals surface area contributed by atoms with Crippen molar-refractivity contribution in [1.29, 1.82) is 0 Å². The highest BCUT2D eigenvalue weighted by molar-refractivity contribution is 5.97. The normalized spacial score (nSPS) is 17.0. The van der Waals surface area contributed by atoms with Crippen LogP contribution in [0.3, 0.4) is 0 Å². The fourth-order valence-electron chi connectivity index (χ4n) is 3.45. The summed E-state index contributed by atoms with van der Waals surface area (Å²) in [6.45, 7) is 1.54. The molecule has 1 saturated carbocycles. The molecule has 1 aromatic carbocycles. The lowest BCUT2D eigenvalue weighted by atomic mass is 10.1. The summed E-state index contributed by atoms with van der Waals surface area (Å²) >= 11 is 0. The number of carbonyl (C=O) groups excluding carboxylic acids is 1. The van der Waals surface area contributed by atoms with Crippen LogP contribution in [0.5, 0.6) is 0 Å². The number of nitrogens with zero attached hydrogens (tertiary/aromatic N) is 6. The van der Waals surface area contributed by atoms with Crippen molar-refractivity contribution in [3.05, 3.63) is 54.0 Å². The molecule has 1 amide bonds. The van der Waals surface area contributed by atoms with Crippen molar-refractivity contribution in [2.75, 3.05) is 25.0 Å². The number of hydrogen-bond acceptors (Lipinski definition) is 6. The highest BCUT2D eigenvalue weighted by atomic mass is 16.2. The molecule has 1 aliphatic carbocycles. The van der Waals surface area contributed by atoms with Gasteiger partial charge in [0.1, 0.15) is 0 Å². The van der Waals surface area contributed by atoms with E-state index in [1.165, 1.54) is 12.8 Å². The van der Waals surface area contributed by atoms with Crippen molar-refractivity contribution < 1.29 is 4.79 Å². The maximum Gasteiger partial charge on any atom is 0.254 e. The summed E-state index contributed by atoms with van der Waals surface area (Å²) in [5.74, 6) is 1.51. The molecule has 2 aliphatic rings. The molecule has 2 aromatic heterocycles. The zero-order valence-corrected chi connectivity index (χ0v) is 15.1. The van der Waals surface area contributed by atoms with Crippen molar-refractivity contribution in [1.82, 2.24) is 25.1 Å². The van der Waals surface area contributed by atoms with Gasteiger partial charge in [0.05, 0.1) is 22.8 Å². The van der Waals surface area contributed by atoms with E-state index in [4.69, 9.17) is 0 Å². The summed E-state index contributed by atoms with van der Waals surface area (Å²) in [6.07, 6.45) is 5.75. The van der Waals surface area contributed by atoms with Gasteiger partial charge in [0.2, 0.25) is 0 Å². The number of hydrogen-bond donors (Lipinski definition) is 0. The Morgan fingerprint density at radius 3 is 2.52 bits per heavy atom. The second-order valence-corrected chi connectivity index (χ2v) is 7.33. The zero-order chi connectivity index (χ0) is 18.4. The van der Waals surface area contributed by atoms with Gasteiger partial charge in [-0.15, -0.1) is 5.10 Å². The van der Waals surface area contributed by atoms with E-state index >= 15 is 0 Å². The van der Waals surface area contributed by atoms with Gasteiger partial charge in [0, 0.05) is 44.0 Å². The molecule has 0 atom stereocenters. The lowest BCUT2D eigenvalue weighted by Gasteiger charge is -2.44. The summed E-state index contributed by atoms with van der Waals surface area (Å²) in [4.78, 5) is 25.3. The van der Waals surface area contributed by atoms with E-state index < -0.39 is 0 Å². The van der Waals surface area contributed by atoms with Gasteiger partial charge in [-0.2, -0.15) is 5.10 Å². The molecular weight excluding hydrogens is 340 g/mol. The summed E-state index contributed by atoms with van der Waals surface area (Å²) in [5.41, 5.74) is 3.26. The van der Waals surface area contributed by atoms with Gasteiger partial charge in [-0.05, 0) is 43.2 Å². The van der Waals surface area contributed by atoms with Crippen LogP contribution in [0.15, 0.2) is 42.7 Å². The smallest absolute Gasteiger partial charge is 0.254 e. The lowest BCUT2D eigenvalue weighted by molar-refractivity contribution is 0.0705. The summed E-state index contributed by atoms with van der Waals surface area (Å²) in [5, 5.41) is 8.69. The predicted octanol–water partition coefficient (Wildman–Crippen LogP) is 2.26. The van der Waals surface area contributed by atoms with E-state index in [1.807, 2.05) is 25.2 Å². The van der Waals surface area contributed by atoms with Crippen molar-refractivity contribution in [3.63, 3.8) is 0 Å². The fraction of sp³-hybridized carbons (Fsp3) is 0.350. The average molecular weight is 360 g/mol. The van der Waals surface area contributed by atoms with E-state index in [0.29, 0.717) is 11.5 Å². The minimum absolute atomic E-state index is 0.00219.